The first kappa shape index (κ1) is 19.4. The maximum Gasteiger partial charge on any atom is 0.251 e. The quantitative estimate of drug-likeness (QED) is 0.639. The third kappa shape index (κ3) is 7.99. The van der Waals surface area contributed by atoms with Gasteiger partial charge in [-0.25, -0.2) is 8.42 Å². The van der Waals surface area contributed by atoms with Gasteiger partial charge in [0.1, 0.15) is 0 Å². The van der Waals surface area contributed by atoms with Gasteiger partial charge in [0, 0.05) is 25.3 Å². The summed E-state index contributed by atoms with van der Waals surface area (Å²) in [7, 11) is -3.37. The monoisotopic (exact) mass is 342 g/mol. The molecule has 1 rings (SSSR count). The van der Waals surface area contributed by atoms with Gasteiger partial charge in [0.15, 0.2) is 0 Å². The van der Waals surface area contributed by atoms with Gasteiger partial charge in [-0.2, -0.15) is 0 Å². The molecule has 1 amide bonds. The highest BCUT2D eigenvalue weighted by molar-refractivity contribution is 7.92. The van der Waals surface area contributed by atoms with E-state index in [1.54, 1.807) is 25.1 Å². The van der Waals surface area contributed by atoms with Crippen LogP contribution in [-0.4, -0.2) is 40.3 Å². The molecule has 0 aliphatic heterocycles. The summed E-state index contributed by atoms with van der Waals surface area (Å²) in [5.74, 6) is -0.227. The number of carbonyl (C=O) groups is 1. The molecule has 1 aromatic rings. The smallest absolute Gasteiger partial charge is 0.251 e. The summed E-state index contributed by atoms with van der Waals surface area (Å²) in [5.41, 5.74) is 1.60. The van der Waals surface area contributed by atoms with Crippen LogP contribution in [0.2, 0.25) is 0 Å². The molecule has 6 nitrogen and oxygen atoms in total. The number of unbranched alkanes of at least 4 members (excludes halogenated alkanes) is 1. The molecule has 0 spiro atoms. The van der Waals surface area contributed by atoms with E-state index < -0.39 is 10.0 Å². The molecule has 0 bridgehead atoms. The maximum atomic E-state index is 12.1. The van der Waals surface area contributed by atoms with Crippen molar-refractivity contribution < 1.29 is 17.9 Å². The van der Waals surface area contributed by atoms with Crippen molar-refractivity contribution in [3.8, 4) is 0 Å². The van der Waals surface area contributed by atoms with Crippen LogP contribution in [0.3, 0.4) is 0 Å². The van der Waals surface area contributed by atoms with Crippen molar-refractivity contribution >= 4 is 21.6 Å². The van der Waals surface area contributed by atoms with Gasteiger partial charge in [-0.1, -0.05) is 19.4 Å². The fraction of sp³-hybridized carbons (Fsp3) is 0.562. The number of carbonyl (C=O) groups excluding carboxylic acids is 1. The SMILES string of the molecule is CCCCOCCCNC(=O)c1ccc(C)c(NS(C)(=O)=O)c1. The molecular weight excluding hydrogens is 316 g/mol. The topological polar surface area (TPSA) is 84.5 Å². The predicted molar refractivity (Wildman–Crippen MR) is 92.3 cm³/mol. The Balaban J connectivity index is 2.49. The number of anilines is 1. The van der Waals surface area contributed by atoms with Crippen molar-refractivity contribution in [3.63, 3.8) is 0 Å². The molecule has 130 valence electrons. The Hall–Kier alpha value is -1.60. The van der Waals surface area contributed by atoms with E-state index in [0.29, 0.717) is 24.4 Å². The lowest BCUT2D eigenvalue weighted by atomic mass is 10.1. The number of sulfonamides is 1. The summed E-state index contributed by atoms with van der Waals surface area (Å²) >= 11 is 0. The first-order chi connectivity index (χ1) is 10.8. The van der Waals surface area contributed by atoms with E-state index in [1.165, 1.54) is 0 Å². The van der Waals surface area contributed by atoms with Crippen LogP contribution < -0.4 is 10.0 Å². The number of nitrogens with one attached hydrogen (secondary N) is 2. The van der Waals surface area contributed by atoms with Crippen LogP contribution in [-0.2, 0) is 14.8 Å². The molecule has 0 aromatic heterocycles. The highest BCUT2D eigenvalue weighted by atomic mass is 32.2. The van der Waals surface area contributed by atoms with Gasteiger partial charge in [0.05, 0.1) is 11.9 Å². The van der Waals surface area contributed by atoms with E-state index in [0.717, 1.165) is 37.7 Å². The highest BCUT2D eigenvalue weighted by Crippen LogP contribution is 2.18. The van der Waals surface area contributed by atoms with Gasteiger partial charge in [-0.05, 0) is 37.5 Å². The Kier molecular flexibility index (Phi) is 8.05. The summed E-state index contributed by atoms with van der Waals surface area (Å²) in [6, 6.07) is 4.94. The molecule has 0 saturated heterocycles. The number of hydrogen-bond donors (Lipinski definition) is 2. The van der Waals surface area contributed by atoms with Crippen LogP contribution in [0, 0.1) is 6.92 Å². The van der Waals surface area contributed by atoms with Crippen LogP contribution >= 0.6 is 0 Å². The molecule has 0 aliphatic rings. The molecule has 0 saturated carbocycles. The largest absolute Gasteiger partial charge is 0.381 e. The number of amides is 1. The average molecular weight is 342 g/mol. The van der Waals surface area contributed by atoms with Gasteiger partial charge >= 0.3 is 0 Å². The Morgan fingerprint density at radius 2 is 1.91 bits per heavy atom. The molecular formula is C16H26N2O4S. The highest BCUT2D eigenvalue weighted by Gasteiger charge is 2.10. The first-order valence-electron chi connectivity index (χ1n) is 7.78. The number of hydrogen-bond acceptors (Lipinski definition) is 4. The molecule has 0 fully saturated rings. The van der Waals surface area contributed by atoms with Crippen molar-refractivity contribution in [2.75, 3.05) is 30.7 Å². The standard InChI is InChI=1S/C16H26N2O4S/c1-4-5-10-22-11-6-9-17-16(19)14-8-7-13(2)15(12-14)18-23(3,20)21/h7-8,12,18H,4-6,9-11H2,1-3H3,(H,17,19). The van der Waals surface area contributed by atoms with E-state index in [1.807, 2.05) is 0 Å². The predicted octanol–water partition coefficient (Wildman–Crippen LogP) is 2.30. The van der Waals surface area contributed by atoms with Gasteiger partial charge < -0.3 is 10.1 Å². The third-order valence-electron chi connectivity index (χ3n) is 3.19. The van der Waals surface area contributed by atoms with Crippen LogP contribution in [0.5, 0.6) is 0 Å². The van der Waals surface area contributed by atoms with E-state index >= 15 is 0 Å². The van der Waals surface area contributed by atoms with Crippen molar-refractivity contribution in [1.29, 1.82) is 0 Å². The molecule has 7 heteroatoms. The number of ether oxygens (including phenoxy) is 1. The molecule has 0 radical (unpaired) electrons. The van der Waals surface area contributed by atoms with Crippen molar-refractivity contribution in [2.24, 2.45) is 0 Å². The summed E-state index contributed by atoms with van der Waals surface area (Å²) < 4.78 is 30.5. The second-order valence-corrected chi connectivity index (χ2v) is 7.23. The lowest BCUT2D eigenvalue weighted by molar-refractivity contribution is 0.0940. The Morgan fingerprint density at radius 1 is 1.22 bits per heavy atom. The Bertz CT molecular complexity index is 615. The van der Waals surface area contributed by atoms with Crippen molar-refractivity contribution in [1.82, 2.24) is 5.32 Å². The second kappa shape index (κ2) is 9.52. The average Bonchev–Trinajstić information content (AvgIpc) is 2.47. The van der Waals surface area contributed by atoms with Gasteiger partial charge in [-0.3, -0.25) is 9.52 Å². The molecule has 0 unspecified atom stereocenters. The van der Waals surface area contributed by atoms with Crippen molar-refractivity contribution in [3.05, 3.63) is 29.3 Å². The van der Waals surface area contributed by atoms with Crippen LogP contribution in [0.15, 0.2) is 18.2 Å². The first-order valence-corrected chi connectivity index (χ1v) is 9.67. The molecule has 0 atom stereocenters. The lowest BCUT2D eigenvalue weighted by Gasteiger charge is -2.10. The lowest BCUT2D eigenvalue weighted by Crippen LogP contribution is -2.25. The fourth-order valence-corrected chi connectivity index (χ4v) is 2.52. The maximum absolute atomic E-state index is 12.1. The zero-order valence-electron chi connectivity index (χ0n) is 14.0. The van der Waals surface area contributed by atoms with Crippen LogP contribution in [0.1, 0.15) is 42.1 Å². The van der Waals surface area contributed by atoms with Gasteiger partial charge in [0.2, 0.25) is 10.0 Å². The van der Waals surface area contributed by atoms with Crippen LogP contribution in [0.4, 0.5) is 5.69 Å². The summed E-state index contributed by atoms with van der Waals surface area (Å²) in [5, 5.41) is 2.80. The minimum Gasteiger partial charge on any atom is -0.381 e. The minimum atomic E-state index is -3.37. The molecule has 23 heavy (non-hydrogen) atoms. The molecule has 0 aliphatic carbocycles. The number of benzene rings is 1. The van der Waals surface area contributed by atoms with E-state index in [9.17, 15) is 13.2 Å². The normalized spacial score (nSPS) is 11.3. The summed E-state index contributed by atoms with van der Waals surface area (Å²) in [6.07, 6.45) is 3.98. The molecule has 0 heterocycles. The molecule has 1 aromatic carbocycles. The van der Waals surface area contributed by atoms with E-state index in [4.69, 9.17) is 4.74 Å². The summed E-state index contributed by atoms with van der Waals surface area (Å²) in [4.78, 5) is 12.1. The fourth-order valence-electron chi connectivity index (χ4n) is 1.90. The molecule has 2 N–H and O–H groups in total. The van der Waals surface area contributed by atoms with Gasteiger partial charge in [0.25, 0.3) is 5.91 Å². The Morgan fingerprint density at radius 3 is 2.57 bits per heavy atom. The van der Waals surface area contributed by atoms with Crippen molar-refractivity contribution in [2.45, 2.75) is 33.1 Å². The second-order valence-electron chi connectivity index (χ2n) is 5.48. The number of rotatable bonds is 10. The summed E-state index contributed by atoms with van der Waals surface area (Å²) in [6.45, 7) is 5.78. The Labute approximate surface area is 138 Å². The zero-order valence-corrected chi connectivity index (χ0v) is 14.8. The van der Waals surface area contributed by atoms with E-state index in [-0.39, 0.29) is 5.91 Å². The van der Waals surface area contributed by atoms with Crippen LogP contribution in [0.25, 0.3) is 0 Å². The number of aryl methyl sites for hydroxylation is 1. The zero-order chi connectivity index (χ0) is 17.3. The third-order valence-corrected chi connectivity index (χ3v) is 3.78. The minimum absolute atomic E-state index is 0.227. The van der Waals surface area contributed by atoms with Gasteiger partial charge in [-0.15, -0.1) is 0 Å². The van der Waals surface area contributed by atoms with E-state index in [2.05, 4.69) is 17.0 Å².